The third-order valence-corrected chi connectivity index (χ3v) is 5.41. The lowest BCUT2D eigenvalue weighted by molar-refractivity contribution is 0.152. The van der Waals surface area contributed by atoms with E-state index in [1.165, 1.54) is 10.6 Å². The molecule has 1 atom stereocenters. The van der Waals surface area contributed by atoms with Crippen molar-refractivity contribution < 1.29 is 13.2 Å². The summed E-state index contributed by atoms with van der Waals surface area (Å²) in [5.74, 6) is 0.497. The molecule has 1 aliphatic heterocycles. The van der Waals surface area contributed by atoms with Gasteiger partial charge in [0.25, 0.3) is 12.3 Å². The van der Waals surface area contributed by atoms with E-state index in [0.717, 1.165) is 11.4 Å². The molecule has 32 heavy (non-hydrogen) atoms. The van der Waals surface area contributed by atoms with Gasteiger partial charge in [0.1, 0.15) is 6.04 Å². The molecule has 0 aromatic carbocycles. The third-order valence-electron chi connectivity index (χ3n) is 5.41. The molecule has 0 saturated carbocycles. The topological polar surface area (TPSA) is 114 Å². The molecule has 0 radical (unpaired) electrons. The number of rotatable bonds is 4. The third kappa shape index (κ3) is 2.91. The Kier molecular flexibility index (Phi) is 4.16. The lowest BCUT2D eigenvalue weighted by Crippen LogP contribution is -2.36. The average Bonchev–Trinajstić information content (AvgIpc) is 3.57. The number of alkyl halides is 2. The summed E-state index contributed by atoms with van der Waals surface area (Å²) in [7, 11) is 0. The molecular formula is C20H15F2N9O. The van der Waals surface area contributed by atoms with E-state index >= 15 is 0 Å². The van der Waals surface area contributed by atoms with Gasteiger partial charge in [-0.15, -0.1) is 5.10 Å². The minimum absolute atomic E-state index is 0.0860. The summed E-state index contributed by atoms with van der Waals surface area (Å²) < 4.78 is 34.4. The molecule has 0 spiro atoms. The van der Waals surface area contributed by atoms with E-state index in [9.17, 15) is 8.78 Å². The first-order valence-electron chi connectivity index (χ1n) is 9.85. The lowest BCUT2D eigenvalue weighted by Gasteiger charge is -2.32. The van der Waals surface area contributed by atoms with Gasteiger partial charge in [0, 0.05) is 42.8 Å². The van der Waals surface area contributed by atoms with Crippen LogP contribution in [0.25, 0.3) is 17.2 Å². The Bertz CT molecular complexity index is 1390. The fourth-order valence-corrected chi connectivity index (χ4v) is 3.99. The van der Waals surface area contributed by atoms with E-state index in [1.807, 2.05) is 4.90 Å². The zero-order chi connectivity index (χ0) is 21.7. The number of fused-ring (bicyclic) bond motifs is 2. The van der Waals surface area contributed by atoms with Gasteiger partial charge < -0.3 is 14.3 Å². The van der Waals surface area contributed by atoms with Crippen LogP contribution in [-0.2, 0) is 6.42 Å². The Morgan fingerprint density at radius 3 is 2.84 bits per heavy atom. The Balaban J connectivity index is 1.46. The van der Waals surface area contributed by atoms with Crippen molar-refractivity contribution in [3.63, 3.8) is 0 Å². The van der Waals surface area contributed by atoms with Crippen molar-refractivity contribution in [1.82, 2.24) is 39.7 Å². The van der Waals surface area contributed by atoms with Gasteiger partial charge >= 0.3 is 6.01 Å². The Labute approximate surface area is 179 Å². The highest BCUT2D eigenvalue weighted by Gasteiger charge is 2.36. The van der Waals surface area contributed by atoms with Crippen LogP contribution in [0.5, 0.6) is 0 Å². The van der Waals surface area contributed by atoms with Crippen LogP contribution in [-0.4, -0.2) is 46.3 Å². The number of H-pyrrole nitrogens is 1. The SMILES string of the molecule is FC(F)c1cccn2nc(C3c4nc[nH]c4CCN3c3nnc(-c4ncccn4)o3)cc12. The van der Waals surface area contributed by atoms with Crippen molar-refractivity contribution >= 4 is 11.5 Å². The van der Waals surface area contributed by atoms with Crippen molar-refractivity contribution in [2.24, 2.45) is 0 Å². The molecule has 5 aromatic rings. The summed E-state index contributed by atoms with van der Waals surface area (Å²) in [6, 6.07) is 6.04. The summed E-state index contributed by atoms with van der Waals surface area (Å²) >= 11 is 0. The van der Waals surface area contributed by atoms with Crippen LogP contribution in [0.3, 0.4) is 0 Å². The minimum atomic E-state index is -2.61. The summed E-state index contributed by atoms with van der Waals surface area (Å²) in [6.07, 6.45) is 4.48. The predicted octanol–water partition coefficient (Wildman–Crippen LogP) is 2.99. The average molecular weight is 435 g/mol. The van der Waals surface area contributed by atoms with Gasteiger partial charge in [0.2, 0.25) is 5.82 Å². The minimum Gasteiger partial charge on any atom is -0.400 e. The quantitative estimate of drug-likeness (QED) is 0.458. The molecule has 1 unspecified atom stereocenters. The largest absolute Gasteiger partial charge is 0.400 e. The van der Waals surface area contributed by atoms with E-state index in [-0.39, 0.29) is 17.5 Å². The molecule has 12 heteroatoms. The molecular weight excluding hydrogens is 420 g/mol. The maximum absolute atomic E-state index is 13.5. The highest BCUT2D eigenvalue weighted by Crippen LogP contribution is 2.37. The summed E-state index contributed by atoms with van der Waals surface area (Å²) in [6.45, 7) is 0.534. The van der Waals surface area contributed by atoms with Gasteiger partial charge in [-0.05, 0) is 24.3 Å². The predicted molar refractivity (Wildman–Crippen MR) is 107 cm³/mol. The van der Waals surface area contributed by atoms with Gasteiger partial charge in [-0.25, -0.2) is 28.2 Å². The number of pyridine rings is 1. The van der Waals surface area contributed by atoms with E-state index < -0.39 is 12.5 Å². The van der Waals surface area contributed by atoms with Gasteiger partial charge in [-0.1, -0.05) is 5.10 Å². The maximum atomic E-state index is 13.5. The lowest BCUT2D eigenvalue weighted by atomic mass is 10.00. The standard InChI is InChI=1S/C20H15F2N9O/c21-17(22)11-3-1-7-31-14(11)9-13(29-31)16-15-12(25-10-26-15)4-8-30(16)20-28-27-19(32-20)18-23-5-2-6-24-18/h1-3,5-7,9-10,16-17H,4,8H2,(H,25,26). The number of nitrogens with one attached hydrogen (secondary N) is 1. The zero-order valence-electron chi connectivity index (χ0n) is 16.4. The molecule has 5 aromatic heterocycles. The summed E-state index contributed by atoms with van der Waals surface area (Å²) in [5.41, 5.74) is 2.47. The molecule has 0 amide bonds. The number of hydrogen-bond donors (Lipinski definition) is 1. The van der Waals surface area contributed by atoms with E-state index in [2.05, 4.69) is 35.2 Å². The molecule has 0 aliphatic carbocycles. The number of nitrogens with zero attached hydrogens (tertiary/aromatic N) is 8. The first kappa shape index (κ1) is 18.5. The highest BCUT2D eigenvalue weighted by molar-refractivity contribution is 5.58. The molecule has 1 N–H and O–H groups in total. The second kappa shape index (κ2) is 7.18. The molecule has 10 nitrogen and oxygen atoms in total. The van der Waals surface area contributed by atoms with E-state index in [1.54, 1.807) is 43.1 Å². The van der Waals surface area contributed by atoms with Crippen molar-refractivity contribution in [2.45, 2.75) is 18.9 Å². The Morgan fingerprint density at radius 1 is 1.12 bits per heavy atom. The fourth-order valence-electron chi connectivity index (χ4n) is 3.99. The summed E-state index contributed by atoms with van der Waals surface area (Å²) in [4.78, 5) is 17.8. The van der Waals surface area contributed by atoms with E-state index in [0.29, 0.717) is 30.0 Å². The number of halogens is 2. The molecule has 160 valence electrons. The zero-order valence-corrected chi connectivity index (χ0v) is 16.4. The molecule has 0 bridgehead atoms. The molecule has 1 aliphatic rings. The Hall–Kier alpha value is -4.22. The highest BCUT2D eigenvalue weighted by atomic mass is 19.3. The van der Waals surface area contributed by atoms with Crippen LogP contribution >= 0.6 is 0 Å². The maximum Gasteiger partial charge on any atom is 0.319 e. The van der Waals surface area contributed by atoms with Crippen LogP contribution in [0.4, 0.5) is 14.8 Å². The van der Waals surface area contributed by atoms with Gasteiger partial charge in [0.15, 0.2) is 0 Å². The van der Waals surface area contributed by atoms with Crippen molar-refractivity contribution in [3.05, 3.63) is 71.8 Å². The smallest absolute Gasteiger partial charge is 0.319 e. The van der Waals surface area contributed by atoms with Gasteiger partial charge in [0.05, 0.1) is 23.2 Å². The van der Waals surface area contributed by atoms with Crippen molar-refractivity contribution in [2.75, 3.05) is 11.4 Å². The molecule has 6 heterocycles. The fraction of sp³-hybridized carbons (Fsp3) is 0.200. The number of anilines is 1. The first-order chi connectivity index (χ1) is 15.7. The van der Waals surface area contributed by atoms with Crippen LogP contribution in [0.2, 0.25) is 0 Å². The first-order valence-corrected chi connectivity index (χ1v) is 9.85. The van der Waals surface area contributed by atoms with Gasteiger partial charge in [-0.3, -0.25) is 0 Å². The van der Waals surface area contributed by atoms with Crippen LogP contribution in [0.15, 0.2) is 53.6 Å². The van der Waals surface area contributed by atoms with Crippen LogP contribution in [0.1, 0.15) is 35.1 Å². The van der Waals surface area contributed by atoms with Crippen LogP contribution < -0.4 is 4.90 Å². The van der Waals surface area contributed by atoms with Crippen molar-refractivity contribution in [1.29, 1.82) is 0 Å². The second-order valence-corrected chi connectivity index (χ2v) is 7.24. The molecule has 6 rings (SSSR count). The second-order valence-electron chi connectivity index (χ2n) is 7.24. The Morgan fingerprint density at radius 2 is 2.00 bits per heavy atom. The van der Waals surface area contributed by atoms with Gasteiger partial charge in [-0.2, -0.15) is 5.10 Å². The number of hydrogen-bond acceptors (Lipinski definition) is 8. The monoisotopic (exact) mass is 435 g/mol. The summed E-state index contributed by atoms with van der Waals surface area (Å²) in [5, 5.41) is 12.8. The van der Waals surface area contributed by atoms with Crippen LogP contribution in [0, 0.1) is 0 Å². The molecule has 0 fully saturated rings. The number of aromatic amines is 1. The number of imidazole rings is 1. The number of aromatic nitrogens is 8. The normalized spacial score (nSPS) is 16.1. The molecule has 0 saturated heterocycles. The van der Waals surface area contributed by atoms with E-state index in [4.69, 9.17) is 4.42 Å². The van der Waals surface area contributed by atoms with Crippen molar-refractivity contribution in [3.8, 4) is 11.7 Å².